The zero-order valence-corrected chi connectivity index (χ0v) is 15.6. The Morgan fingerprint density at radius 3 is 2.78 bits per heavy atom. The largest absolute Gasteiger partial charge is 0.417 e. The molecule has 0 saturated heterocycles. The summed E-state index contributed by atoms with van der Waals surface area (Å²) in [4.78, 5) is 18.2. The zero-order chi connectivity index (χ0) is 18.9. The third kappa shape index (κ3) is 4.00. The number of nitrogens with one attached hydrogen (secondary N) is 2. The SMILES string of the molecule is O=c1[nH]c2ccc(S(=O)(=O)NCc3csc(Cc4ccccc4)n3)cc2o1. The van der Waals surface area contributed by atoms with E-state index >= 15 is 0 Å². The van der Waals surface area contributed by atoms with E-state index in [1.807, 2.05) is 35.7 Å². The Labute approximate surface area is 158 Å². The maximum absolute atomic E-state index is 12.5. The van der Waals surface area contributed by atoms with Crippen LogP contribution in [0, 0.1) is 0 Å². The third-order valence-electron chi connectivity index (χ3n) is 3.94. The lowest BCUT2D eigenvalue weighted by Gasteiger charge is -2.05. The van der Waals surface area contributed by atoms with Crippen LogP contribution in [0.15, 0.2) is 68.0 Å². The molecule has 0 unspecified atom stereocenters. The number of thiazole rings is 1. The first-order valence-corrected chi connectivity index (χ1v) is 10.5. The summed E-state index contributed by atoms with van der Waals surface area (Å²) in [5.41, 5.74) is 2.45. The molecule has 2 aromatic carbocycles. The van der Waals surface area contributed by atoms with Crippen LogP contribution in [0.4, 0.5) is 0 Å². The summed E-state index contributed by atoms with van der Waals surface area (Å²) in [6, 6.07) is 14.2. The summed E-state index contributed by atoms with van der Waals surface area (Å²) in [7, 11) is -3.75. The van der Waals surface area contributed by atoms with Crippen molar-refractivity contribution >= 4 is 32.5 Å². The number of sulfonamides is 1. The minimum Gasteiger partial charge on any atom is -0.408 e. The average Bonchev–Trinajstić information content (AvgIpc) is 3.25. The lowest BCUT2D eigenvalue weighted by Crippen LogP contribution is -2.23. The van der Waals surface area contributed by atoms with Crippen LogP contribution in [0.3, 0.4) is 0 Å². The van der Waals surface area contributed by atoms with E-state index in [1.165, 1.54) is 29.5 Å². The number of hydrogen-bond donors (Lipinski definition) is 2. The molecule has 0 atom stereocenters. The van der Waals surface area contributed by atoms with Crippen molar-refractivity contribution < 1.29 is 12.8 Å². The number of aromatic amines is 1. The van der Waals surface area contributed by atoms with Gasteiger partial charge < -0.3 is 4.42 Å². The average molecular weight is 401 g/mol. The van der Waals surface area contributed by atoms with Gasteiger partial charge in [0.2, 0.25) is 10.0 Å². The van der Waals surface area contributed by atoms with Crippen LogP contribution in [0.2, 0.25) is 0 Å². The molecule has 0 bridgehead atoms. The van der Waals surface area contributed by atoms with Crippen LogP contribution >= 0.6 is 11.3 Å². The number of rotatable bonds is 6. The Balaban J connectivity index is 1.46. The summed E-state index contributed by atoms with van der Waals surface area (Å²) in [5, 5.41) is 2.76. The highest BCUT2D eigenvalue weighted by Crippen LogP contribution is 2.18. The molecule has 0 saturated carbocycles. The van der Waals surface area contributed by atoms with Gasteiger partial charge in [0, 0.05) is 17.9 Å². The van der Waals surface area contributed by atoms with E-state index in [0.717, 1.165) is 10.6 Å². The molecular formula is C18H15N3O4S2. The molecule has 0 spiro atoms. The van der Waals surface area contributed by atoms with Crippen molar-refractivity contribution in [3.8, 4) is 0 Å². The summed E-state index contributed by atoms with van der Waals surface area (Å²) >= 11 is 1.50. The van der Waals surface area contributed by atoms with Crippen LogP contribution in [0.25, 0.3) is 11.1 Å². The molecule has 27 heavy (non-hydrogen) atoms. The lowest BCUT2D eigenvalue weighted by molar-refractivity contribution is 0.553. The van der Waals surface area contributed by atoms with Gasteiger partial charge in [-0.15, -0.1) is 11.3 Å². The normalized spacial score (nSPS) is 11.9. The Kier molecular flexibility index (Phi) is 4.65. The summed E-state index contributed by atoms with van der Waals surface area (Å²) in [5.74, 6) is -0.624. The second kappa shape index (κ2) is 7.10. The molecule has 0 fully saturated rings. The van der Waals surface area contributed by atoms with Crippen molar-refractivity contribution in [2.24, 2.45) is 0 Å². The van der Waals surface area contributed by atoms with Crippen LogP contribution < -0.4 is 10.5 Å². The molecule has 7 nitrogen and oxygen atoms in total. The van der Waals surface area contributed by atoms with Gasteiger partial charge in [-0.1, -0.05) is 30.3 Å². The second-order valence-corrected chi connectivity index (χ2v) is 8.60. The highest BCUT2D eigenvalue weighted by atomic mass is 32.2. The molecule has 0 aliphatic heterocycles. The van der Waals surface area contributed by atoms with Crippen LogP contribution in [-0.2, 0) is 23.0 Å². The van der Waals surface area contributed by atoms with E-state index < -0.39 is 15.8 Å². The van der Waals surface area contributed by atoms with Crippen molar-refractivity contribution in [2.75, 3.05) is 0 Å². The number of oxazole rings is 1. The smallest absolute Gasteiger partial charge is 0.408 e. The van der Waals surface area contributed by atoms with Crippen molar-refractivity contribution in [1.82, 2.24) is 14.7 Å². The molecule has 0 aliphatic carbocycles. The van der Waals surface area contributed by atoms with Gasteiger partial charge in [-0.25, -0.2) is 22.9 Å². The van der Waals surface area contributed by atoms with E-state index in [-0.39, 0.29) is 17.0 Å². The number of hydrogen-bond acceptors (Lipinski definition) is 6. The topological polar surface area (TPSA) is 105 Å². The fourth-order valence-electron chi connectivity index (χ4n) is 2.63. The lowest BCUT2D eigenvalue weighted by atomic mass is 10.2. The summed E-state index contributed by atoms with van der Waals surface area (Å²) < 4.78 is 32.4. The quantitative estimate of drug-likeness (QED) is 0.517. The van der Waals surface area contributed by atoms with E-state index in [1.54, 1.807) is 0 Å². The Hall–Kier alpha value is -2.75. The van der Waals surface area contributed by atoms with Gasteiger partial charge in [0.1, 0.15) is 0 Å². The number of nitrogens with zero attached hydrogens (tertiary/aromatic N) is 1. The maximum Gasteiger partial charge on any atom is 0.417 e. The molecular weight excluding hydrogens is 386 g/mol. The van der Waals surface area contributed by atoms with Crippen molar-refractivity contribution in [3.05, 3.63) is 80.7 Å². The van der Waals surface area contributed by atoms with Crippen molar-refractivity contribution in [3.63, 3.8) is 0 Å². The molecule has 0 amide bonds. The van der Waals surface area contributed by atoms with Gasteiger partial charge in [-0.2, -0.15) is 0 Å². The molecule has 2 N–H and O–H groups in total. The van der Waals surface area contributed by atoms with E-state index in [0.29, 0.717) is 17.6 Å². The standard InChI is InChI=1S/C18H15N3O4S2/c22-18-21-15-7-6-14(9-16(15)25-18)27(23,24)19-10-13-11-26-17(20-13)8-12-4-2-1-3-5-12/h1-7,9,11,19H,8,10H2,(H,21,22). The van der Waals surface area contributed by atoms with Crippen LogP contribution in [0.1, 0.15) is 16.3 Å². The zero-order valence-electron chi connectivity index (χ0n) is 14.0. The molecule has 138 valence electrons. The van der Waals surface area contributed by atoms with Gasteiger partial charge in [-0.05, 0) is 17.7 Å². The Bertz CT molecular complexity index is 1240. The van der Waals surface area contributed by atoms with Gasteiger partial charge >= 0.3 is 5.76 Å². The highest BCUT2D eigenvalue weighted by Gasteiger charge is 2.16. The molecule has 0 radical (unpaired) electrons. The summed E-state index contributed by atoms with van der Waals surface area (Å²) in [6.07, 6.45) is 0.710. The Morgan fingerprint density at radius 1 is 1.15 bits per heavy atom. The predicted octanol–water partition coefficient (Wildman–Crippen LogP) is 2.65. The first-order valence-electron chi connectivity index (χ1n) is 8.09. The maximum atomic E-state index is 12.5. The fraction of sp³-hybridized carbons (Fsp3) is 0.111. The molecule has 2 heterocycles. The number of fused-ring (bicyclic) bond motifs is 1. The number of aromatic nitrogens is 2. The van der Waals surface area contributed by atoms with Gasteiger partial charge in [0.05, 0.1) is 27.7 Å². The first-order chi connectivity index (χ1) is 13.0. The molecule has 4 rings (SSSR count). The highest BCUT2D eigenvalue weighted by molar-refractivity contribution is 7.89. The minimum atomic E-state index is -3.75. The van der Waals surface area contributed by atoms with Crippen LogP contribution in [-0.4, -0.2) is 18.4 Å². The van der Waals surface area contributed by atoms with E-state index in [4.69, 9.17) is 4.42 Å². The Morgan fingerprint density at radius 2 is 1.96 bits per heavy atom. The number of benzene rings is 2. The van der Waals surface area contributed by atoms with E-state index in [2.05, 4.69) is 14.7 Å². The first kappa shape index (κ1) is 17.7. The minimum absolute atomic E-state index is 0.0255. The summed E-state index contributed by atoms with van der Waals surface area (Å²) in [6.45, 7) is 0.0861. The molecule has 9 heteroatoms. The van der Waals surface area contributed by atoms with Crippen molar-refractivity contribution in [1.29, 1.82) is 0 Å². The van der Waals surface area contributed by atoms with Crippen molar-refractivity contribution in [2.45, 2.75) is 17.9 Å². The van der Waals surface area contributed by atoms with Gasteiger partial charge in [0.15, 0.2) is 5.58 Å². The molecule has 2 aromatic heterocycles. The third-order valence-corrected chi connectivity index (χ3v) is 6.24. The van der Waals surface area contributed by atoms with E-state index in [9.17, 15) is 13.2 Å². The monoisotopic (exact) mass is 401 g/mol. The fourth-order valence-corrected chi connectivity index (χ4v) is 4.47. The molecule has 4 aromatic rings. The second-order valence-electron chi connectivity index (χ2n) is 5.89. The number of H-pyrrole nitrogens is 1. The molecule has 0 aliphatic rings. The van der Waals surface area contributed by atoms with Crippen LogP contribution in [0.5, 0.6) is 0 Å². The van der Waals surface area contributed by atoms with Gasteiger partial charge in [-0.3, -0.25) is 4.98 Å². The predicted molar refractivity (Wildman–Crippen MR) is 102 cm³/mol. The van der Waals surface area contributed by atoms with Gasteiger partial charge in [0.25, 0.3) is 0 Å².